The molecule has 108 valence electrons. The summed E-state index contributed by atoms with van der Waals surface area (Å²) in [6, 6.07) is 10.6. The van der Waals surface area contributed by atoms with Crippen LogP contribution < -0.4 is 0 Å². The fraction of sp³-hybridized carbons (Fsp3) is 0.0714. The minimum atomic E-state index is -3.25. The van der Waals surface area contributed by atoms with E-state index in [0.29, 0.717) is 21.5 Å². The number of hydrogen-bond acceptors (Lipinski definition) is 3. The van der Waals surface area contributed by atoms with Crippen LogP contribution in [0.1, 0.15) is 0 Å². The van der Waals surface area contributed by atoms with Crippen LogP contribution in [0.25, 0.3) is 16.7 Å². The van der Waals surface area contributed by atoms with E-state index in [0.717, 1.165) is 6.26 Å². The number of fused-ring (bicyclic) bond motifs is 1. The molecule has 0 aliphatic heterocycles. The molecule has 0 bridgehead atoms. The maximum atomic E-state index is 13.4. The van der Waals surface area contributed by atoms with Crippen LogP contribution in [0.4, 0.5) is 4.39 Å². The van der Waals surface area contributed by atoms with Crippen molar-refractivity contribution in [3.63, 3.8) is 0 Å². The average Bonchev–Trinajstić information content (AvgIpc) is 2.73. The highest BCUT2D eigenvalue weighted by Crippen LogP contribution is 2.21. The van der Waals surface area contributed by atoms with Crippen molar-refractivity contribution >= 4 is 33.1 Å². The molecule has 4 nitrogen and oxygen atoms in total. The molecule has 0 spiro atoms. The molecule has 1 heterocycles. The Kier molecular flexibility index (Phi) is 3.18. The zero-order chi connectivity index (χ0) is 15.2. The molecule has 3 aromatic rings. The van der Waals surface area contributed by atoms with E-state index in [1.807, 2.05) is 0 Å². The molecular weight excluding hydrogens is 311 g/mol. The Hall–Kier alpha value is -1.99. The van der Waals surface area contributed by atoms with Gasteiger partial charge in [0.15, 0.2) is 14.6 Å². The van der Waals surface area contributed by atoms with Crippen molar-refractivity contribution in [1.82, 2.24) is 9.55 Å². The van der Waals surface area contributed by atoms with Crippen LogP contribution >= 0.6 is 12.2 Å². The van der Waals surface area contributed by atoms with E-state index in [9.17, 15) is 12.8 Å². The molecular formula is C14H11FN2O2S2. The van der Waals surface area contributed by atoms with Gasteiger partial charge >= 0.3 is 0 Å². The summed E-state index contributed by atoms with van der Waals surface area (Å²) in [6.45, 7) is 0. The molecule has 3 rings (SSSR count). The Labute approximate surface area is 125 Å². The van der Waals surface area contributed by atoms with Crippen molar-refractivity contribution in [2.45, 2.75) is 4.90 Å². The molecule has 21 heavy (non-hydrogen) atoms. The van der Waals surface area contributed by atoms with E-state index in [2.05, 4.69) is 4.98 Å². The molecule has 0 amide bonds. The SMILES string of the molecule is CS(=O)(=O)c1ccc(-n2c(=S)[nH]c3ccc(F)cc32)cc1. The van der Waals surface area contributed by atoms with Crippen molar-refractivity contribution in [2.24, 2.45) is 0 Å². The predicted molar refractivity (Wildman–Crippen MR) is 81.5 cm³/mol. The Morgan fingerprint density at radius 1 is 1.14 bits per heavy atom. The lowest BCUT2D eigenvalue weighted by Crippen LogP contribution is -1.99. The standard InChI is InChI=1S/C14H11FN2O2S2/c1-21(18,19)11-5-3-10(4-6-11)17-13-8-9(15)2-7-12(13)16-14(17)20/h2-8H,1H3,(H,16,20). The number of sulfone groups is 1. The van der Waals surface area contributed by atoms with Crippen LogP contribution in [0.3, 0.4) is 0 Å². The van der Waals surface area contributed by atoms with Gasteiger partial charge in [-0.3, -0.25) is 4.57 Å². The number of imidazole rings is 1. The summed E-state index contributed by atoms with van der Waals surface area (Å²) < 4.78 is 38.5. The number of benzene rings is 2. The molecule has 7 heteroatoms. The van der Waals surface area contributed by atoms with Gasteiger partial charge in [-0.1, -0.05) is 0 Å². The maximum absolute atomic E-state index is 13.4. The molecule has 0 radical (unpaired) electrons. The van der Waals surface area contributed by atoms with Crippen LogP contribution in [0.15, 0.2) is 47.4 Å². The third kappa shape index (κ3) is 2.50. The number of hydrogen-bond donors (Lipinski definition) is 1. The van der Waals surface area contributed by atoms with Crippen LogP contribution in [0, 0.1) is 10.6 Å². The quantitative estimate of drug-likeness (QED) is 0.737. The van der Waals surface area contributed by atoms with Gasteiger partial charge in [0.25, 0.3) is 0 Å². The van der Waals surface area contributed by atoms with E-state index in [1.54, 1.807) is 22.8 Å². The Morgan fingerprint density at radius 3 is 2.43 bits per heavy atom. The average molecular weight is 322 g/mol. The van der Waals surface area contributed by atoms with Crippen LogP contribution in [0.2, 0.25) is 0 Å². The minimum Gasteiger partial charge on any atom is -0.330 e. The lowest BCUT2D eigenvalue weighted by Gasteiger charge is -2.06. The highest BCUT2D eigenvalue weighted by molar-refractivity contribution is 7.90. The smallest absolute Gasteiger partial charge is 0.182 e. The fourth-order valence-corrected chi connectivity index (χ4v) is 3.12. The van der Waals surface area contributed by atoms with Gasteiger partial charge in [-0.25, -0.2) is 12.8 Å². The van der Waals surface area contributed by atoms with Crippen molar-refractivity contribution in [1.29, 1.82) is 0 Å². The van der Waals surface area contributed by atoms with Crippen LogP contribution in [-0.2, 0) is 9.84 Å². The maximum Gasteiger partial charge on any atom is 0.182 e. The Bertz CT molecular complexity index is 986. The number of aromatic amines is 1. The van der Waals surface area contributed by atoms with E-state index in [1.165, 1.54) is 24.3 Å². The van der Waals surface area contributed by atoms with E-state index < -0.39 is 9.84 Å². The molecule has 0 saturated carbocycles. The van der Waals surface area contributed by atoms with Gasteiger partial charge in [0.2, 0.25) is 0 Å². The summed E-state index contributed by atoms with van der Waals surface area (Å²) in [4.78, 5) is 3.22. The fourth-order valence-electron chi connectivity index (χ4n) is 2.17. The lowest BCUT2D eigenvalue weighted by molar-refractivity contribution is 0.602. The summed E-state index contributed by atoms with van der Waals surface area (Å²) in [7, 11) is -3.25. The predicted octanol–water partition coefficient (Wildman–Crippen LogP) is 3.23. The first kappa shape index (κ1) is 14.0. The van der Waals surface area contributed by atoms with Gasteiger partial charge in [0, 0.05) is 18.0 Å². The number of halogens is 1. The first-order chi connectivity index (χ1) is 9.86. The highest BCUT2D eigenvalue weighted by Gasteiger charge is 2.10. The number of aromatic nitrogens is 2. The van der Waals surface area contributed by atoms with E-state index in [-0.39, 0.29) is 10.7 Å². The largest absolute Gasteiger partial charge is 0.330 e. The van der Waals surface area contributed by atoms with Gasteiger partial charge in [0.05, 0.1) is 15.9 Å². The zero-order valence-corrected chi connectivity index (χ0v) is 12.6. The third-order valence-electron chi connectivity index (χ3n) is 3.17. The Morgan fingerprint density at radius 2 is 1.81 bits per heavy atom. The Balaban J connectivity index is 2.23. The highest BCUT2D eigenvalue weighted by atomic mass is 32.2. The molecule has 0 saturated heterocycles. The second-order valence-corrected chi connectivity index (χ2v) is 7.10. The van der Waals surface area contributed by atoms with Crippen LogP contribution in [0.5, 0.6) is 0 Å². The number of nitrogens with zero attached hydrogens (tertiary/aromatic N) is 1. The van der Waals surface area contributed by atoms with Crippen molar-refractivity contribution in [3.8, 4) is 5.69 Å². The first-order valence-corrected chi connectivity index (χ1v) is 8.37. The normalized spacial score (nSPS) is 11.9. The van der Waals surface area contributed by atoms with E-state index >= 15 is 0 Å². The minimum absolute atomic E-state index is 0.226. The molecule has 0 atom stereocenters. The monoisotopic (exact) mass is 322 g/mol. The molecule has 0 fully saturated rings. The summed E-state index contributed by atoms with van der Waals surface area (Å²) in [5.41, 5.74) is 1.99. The first-order valence-electron chi connectivity index (χ1n) is 6.07. The summed E-state index contributed by atoms with van der Waals surface area (Å²) in [5.74, 6) is -0.363. The second-order valence-electron chi connectivity index (χ2n) is 4.69. The molecule has 1 N–H and O–H groups in total. The third-order valence-corrected chi connectivity index (χ3v) is 4.58. The number of H-pyrrole nitrogens is 1. The molecule has 0 aliphatic carbocycles. The molecule has 0 aliphatic rings. The molecule has 0 unspecified atom stereocenters. The van der Waals surface area contributed by atoms with Crippen LogP contribution in [-0.4, -0.2) is 24.2 Å². The van der Waals surface area contributed by atoms with Crippen molar-refractivity contribution in [3.05, 3.63) is 53.1 Å². The summed E-state index contributed by atoms with van der Waals surface area (Å²) in [5, 5.41) is 0. The summed E-state index contributed by atoms with van der Waals surface area (Å²) >= 11 is 5.25. The van der Waals surface area contributed by atoms with Gasteiger partial charge in [-0.2, -0.15) is 0 Å². The molecule has 1 aromatic heterocycles. The van der Waals surface area contributed by atoms with Gasteiger partial charge < -0.3 is 4.98 Å². The lowest BCUT2D eigenvalue weighted by atomic mass is 10.2. The topological polar surface area (TPSA) is 54.9 Å². The van der Waals surface area contributed by atoms with Crippen molar-refractivity contribution in [2.75, 3.05) is 6.26 Å². The number of rotatable bonds is 2. The zero-order valence-electron chi connectivity index (χ0n) is 11.0. The van der Waals surface area contributed by atoms with Crippen molar-refractivity contribution < 1.29 is 12.8 Å². The van der Waals surface area contributed by atoms with Gasteiger partial charge in [-0.05, 0) is 48.6 Å². The second kappa shape index (κ2) is 4.78. The van der Waals surface area contributed by atoms with Gasteiger partial charge in [0.1, 0.15) is 5.82 Å². The van der Waals surface area contributed by atoms with E-state index in [4.69, 9.17) is 12.2 Å². The summed E-state index contributed by atoms with van der Waals surface area (Å²) in [6.07, 6.45) is 1.15. The number of nitrogens with one attached hydrogen (secondary N) is 1. The molecule has 2 aromatic carbocycles. The van der Waals surface area contributed by atoms with Gasteiger partial charge in [-0.15, -0.1) is 0 Å².